The number of hydrogen-bond donors (Lipinski definition) is 2. The molecule has 2 saturated heterocycles. The summed E-state index contributed by atoms with van der Waals surface area (Å²) < 4.78 is 7.92. The third kappa shape index (κ3) is 5.16. The highest BCUT2D eigenvalue weighted by molar-refractivity contribution is 5.74. The molecule has 4 rings (SSSR count). The maximum absolute atomic E-state index is 12.7. The van der Waals surface area contributed by atoms with E-state index in [4.69, 9.17) is 4.74 Å². The minimum atomic E-state index is -0.199. The van der Waals surface area contributed by atoms with Crippen molar-refractivity contribution in [1.29, 1.82) is 0 Å². The van der Waals surface area contributed by atoms with Gasteiger partial charge in [-0.2, -0.15) is 0 Å². The standard InChI is InChI=1S/C22H31N5O2/c1-26-13-11-23-21(26)20-19(10-6-14-29-20)25-22(28)24-18-9-5-12-27(16-18)15-17-7-3-2-4-8-17/h2-4,7-8,11,13,18-20H,5-6,9-10,12,14-16H2,1H3,(H2,24,25,28)/t18?,19-,20-/m0/s1. The van der Waals surface area contributed by atoms with E-state index >= 15 is 0 Å². The molecule has 2 aliphatic rings. The largest absolute Gasteiger partial charge is 0.368 e. The number of urea groups is 1. The minimum Gasteiger partial charge on any atom is -0.368 e. The highest BCUT2D eigenvalue weighted by Gasteiger charge is 2.32. The summed E-state index contributed by atoms with van der Waals surface area (Å²) in [5.74, 6) is 0.863. The van der Waals surface area contributed by atoms with Crippen LogP contribution in [0.3, 0.4) is 0 Å². The third-order valence-corrected chi connectivity index (χ3v) is 5.84. The normalized spacial score (nSPS) is 25.5. The quantitative estimate of drug-likeness (QED) is 0.814. The highest BCUT2D eigenvalue weighted by atomic mass is 16.5. The van der Waals surface area contributed by atoms with Gasteiger partial charge in [-0.3, -0.25) is 4.90 Å². The second kappa shape index (κ2) is 9.41. The van der Waals surface area contributed by atoms with Gasteiger partial charge in [-0.05, 0) is 37.8 Å². The molecule has 2 aromatic rings. The van der Waals surface area contributed by atoms with Crippen LogP contribution in [-0.4, -0.2) is 52.3 Å². The lowest BCUT2D eigenvalue weighted by Gasteiger charge is -2.35. The molecule has 3 heterocycles. The zero-order chi connectivity index (χ0) is 20.1. The van der Waals surface area contributed by atoms with Crippen molar-refractivity contribution in [3.05, 3.63) is 54.1 Å². The van der Waals surface area contributed by atoms with Crippen molar-refractivity contribution in [1.82, 2.24) is 25.1 Å². The number of aryl methyl sites for hydroxylation is 1. The van der Waals surface area contributed by atoms with E-state index in [2.05, 4.69) is 44.8 Å². The lowest BCUT2D eigenvalue weighted by Crippen LogP contribution is -2.53. The van der Waals surface area contributed by atoms with Crippen molar-refractivity contribution in [2.75, 3.05) is 19.7 Å². The van der Waals surface area contributed by atoms with Gasteiger partial charge in [0.05, 0.1) is 6.04 Å². The number of ether oxygens (including phenoxy) is 1. The zero-order valence-electron chi connectivity index (χ0n) is 17.1. The number of benzene rings is 1. The summed E-state index contributed by atoms with van der Waals surface area (Å²) in [5.41, 5.74) is 1.31. The summed E-state index contributed by atoms with van der Waals surface area (Å²) >= 11 is 0. The van der Waals surface area contributed by atoms with Crippen LogP contribution in [0.15, 0.2) is 42.7 Å². The van der Waals surface area contributed by atoms with Gasteiger partial charge in [0.2, 0.25) is 0 Å². The maximum Gasteiger partial charge on any atom is 0.315 e. The fourth-order valence-electron chi connectivity index (χ4n) is 4.39. The fraction of sp³-hybridized carbons (Fsp3) is 0.545. The first kappa shape index (κ1) is 19.9. The first-order chi connectivity index (χ1) is 14.2. The predicted molar refractivity (Wildman–Crippen MR) is 111 cm³/mol. The van der Waals surface area contributed by atoms with E-state index in [0.29, 0.717) is 6.61 Å². The molecule has 0 aliphatic carbocycles. The summed E-state index contributed by atoms with van der Waals surface area (Å²) in [6.07, 6.45) is 7.44. The van der Waals surface area contributed by atoms with Crippen LogP contribution in [0.4, 0.5) is 4.79 Å². The summed E-state index contributed by atoms with van der Waals surface area (Å²) in [4.78, 5) is 19.6. The molecule has 0 radical (unpaired) electrons. The van der Waals surface area contributed by atoms with Gasteiger partial charge in [-0.1, -0.05) is 30.3 Å². The molecule has 2 N–H and O–H groups in total. The second-order valence-corrected chi connectivity index (χ2v) is 8.11. The summed E-state index contributed by atoms with van der Waals surface area (Å²) in [6.45, 7) is 3.59. The first-order valence-electron chi connectivity index (χ1n) is 10.6. The Bertz CT molecular complexity index is 794. The van der Waals surface area contributed by atoms with Crippen LogP contribution in [0.2, 0.25) is 0 Å². The van der Waals surface area contributed by atoms with E-state index in [-0.39, 0.29) is 24.2 Å². The van der Waals surface area contributed by atoms with Crippen molar-refractivity contribution in [3.63, 3.8) is 0 Å². The number of carbonyl (C=O) groups excluding carboxylic acids is 1. The summed E-state index contributed by atoms with van der Waals surface area (Å²) in [7, 11) is 1.96. The SMILES string of the molecule is Cn1ccnc1[C@H]1OCCC[C@@H]1NC(=O)NC1CCCN(Cc2ccccc2)C1. The summed E-state index contributed by atoms with van der Waals surface area (Å²) in [5, 5.41) is 6.34. The van der Waals surface area contributed by atoms with Gasteiger partial charge in [-0.25, -0.2) is 9.78 Å². The van der Waals surface area contributed by atoms with Crippen LogP contribution < -0.4 is 10.6 Å². The Kier molecular flexibility index (Phi) is 6.46. The smallest absolute Gasteiger partial charge is 0.315 e. The Morgan fingerprint density at radius 2 is 2.07 bits per heavy atom. The lowest BCUT2D eigenvalue weighted by atomic mass is 10.0. The van der Waals surface area contributed by atoms with E-state index in [1.54, 1.807) is 6.20 Å². The van der Waals surface area contributed by atoms with E-state index in [9.17, 15) is 4.79 Å². The molecular formula is C22H31N5O2. The van der Waals surface area contributed by atoms with E-state index in [1.165, 1.54) is 5.56 Å². The Morgan fingerprint density at radius 1 is 1.21 bits per heavy atom. The molecule has 2 aliphatic heterocycles. The monoisotopic (exact) mass is 397 g/mol. The number of amides is 2. The highest BCUT2D eigenvalue weighted by Crippen LogP contribution is 2.27. The van der Waals surface area contributed by atoms with E-state index in [1.807, 2.05) is 23.9 Å². The van der Waals surface area contributed by atoms with E-state index < -0.39 is 0 Å². The molecule has 2 fully saturated rings. The minimum absolute atomic E-state index is 0.0612. The maximum atomic E-state index is 12.7. The number of hydrogen-bond acceptors (Lipinski definition) is 4. The first-order valence-corrected chi connectivity index (χ1v) is 10.6. The van der Waals surface area contributed by atoms with Gasteiger partial charge >= 0.3 is 6.03 Å². The van der Waals surface area contributed by atoms with Gasteiger partial charge in [0.1, 0.15) is 11.9 Å². The number of likely N-dealkylation sites (tertiary alicyclic amines) is 1. The predicted octanol–water partition coefficient (Wildman–Crippen LogP) is 2.60. The van der Waals surface area contributed by atoms with Crippen LogP contribution in [0.1, 0.15) is 43.2 Å². The van der Waals surface area contributed by atoms with Crippen molar-refractivity contribution >= 4 is 6.03 Å². The van der Waals surface area contributed by atoms with Gasteiger partial charge in [-0.15, -0.1) is 0 Å². The summed E-state index contributed by atoms with van der Waals surface area (Å²) in [6, 6.07) is 10.5. The van der Waals surface area contributed by atoms with Crippen molar-refractivity contribution in [2.24, 2.45) is 7.05 Å². The average molecular weight is 398 g/mol. The topological polar surface area (TPSA) is 71.4 Å². The van der Waals surface area contributed by atoms with E-state index in [0.717, 1.165) is 51.1 Å². The molecule has 1 unspecified atom stereocenters. The molecule has 29 heavy (non-hydrogen) atoms. The van der Waals surface area contributed by atoms with Gasteiger partial charge in [0.25, 0.3) is 0 Å². The number of carbonyl (C=O) groups is 1. The van der Waals surface area contributed by atoms with Crippen molar-refractivity contribution in [2.45, 2.75) is 50.4 Å². The van der Waals surface area contributed by atoms with Crippen LogP contribution in [0, 0.1) is 0 Å². The number of piperidine rings is 1. The number of rotatable bonds is 5. The van der Waals surface area contributed by atoms with Crippen molar-refractivity contribution < 1.29 is 9.53 Å². The number of imidazole rings is 1. The van der Waals surface area contributed by atoms with Gasteiger partial charge in [0, 0.05) is 45.2 Å². The van der Waals surface area contributed by atoms with Crippen LogP contribution >= 0.6 is 0 Å². The molecule has 0 saturated carbocycles. The molecular weight excluding hydrogens is 366 g/mol. The Labute approximate surface area is 172 Å². The van der Waals surface area contributed by atoms with Crippen LogP contribution in [0.25, 0.3) is 0 Å². The molecule has 0 spiro atoms. The van der Waals surface area contributed by atoms with Crippen molar-refractivity contribution in [3.8, 4) is 0 Å². The number of aromatic nitrogens is 2. The van der Waals surface area contributed by atoms with Crippen LogP contribution in [-0.2, 0) is 18.3 Å². The molecule has 1 aromatic carbocycles. The lowest BCUT2D eigenvalue weighted by molar-refractivity contribution is -0.0142. The average Bonchev–Trinajstić information content (AvgIpc) is 3.15. The number of nitrogens with one attached hydrogen (secondary N) is 2. The van der Waals surface area contributed by atoms with Gasteiger partial charge < -0.3 is 19.9 Å². The Morgan fingerprint density at radius 3 is 2.86 bits per heavy atom. The number of nitrogens with zero attached hydrogens (tertiary/aromatic N) is 3. The second-order valence-electron chi connectivity index (χ2n) is 8.11. The molecule has 1 aromatic heterocycles. The molecule has 2 amide bonds. The zero-order valence-corrected chi connectivity index (χ0v) is 17.1. The Balaban J connectivity index is 1.31. The molecule has 7 nitrogen and oxygen atoms in total. The third-order valence-electron chi connectivity index (χ3n) is 5.84. The Hall–Kier alpha value is -2.38. The molecule has 3 atom stereocenters. The van der Waals surface area contributed by atoms with Crippen LogP contribution in [0.5, 0.6) is 0 Å². The van der Waals surface area contributed by atoms with Gasteiger partial charge in [0.15, 0.2) is 0 Å². The molecule has 7 heteroatoms. The molecule has 156 valence electrons. The fourth-order valence-corrected chi connectivity index (χ4v) is 4.39. The molecule has 0 bridgehead atoms.